The molecule has 0 radical (unpaired) electrons. The van der Waals surface area contributed by atoms with Crippen LogP contribution in [0.2, 0.25) is 5.02 Å². The number of fused-ring (bicyclic) bond motifs is 2. The summed E-state index contributed by atoms with van der Waals surface area (Å²) in [6.07, 6.45) is 1.92. The molecule has 1 amide bonds. The van der Waals surface area contributed by atoms with Crippen LogP contribution in [0.25, 0.3) is 10.2 Å². The van der Waals surface area contributed by atoms with E-state index in [1.807, 2.05) is 19.1 Å². The molecule has 1 aromatic heterocycles. The summed E-state index contributed by atoms with van der Waals surface area (Å²) in [7, 11) is 0. The molecule has 3 aromatic rings. The number of hydrogen-bond donors (Lipinski definition) is 0. The van der Waals surface area contributed by atoms with Gasteiger partial charge in [0.15, 0.2) is 16.6 Å². The minimum Gasteiger partial charge on any atom is -0.486 e. The van der Waals surface area contributed by atoms with E-state index in [1.54, 1.807) is 23.1 Å². The van der Waals surface area contributed by atoms with Crippen molar-refractivity contribution >= 4 is 44.2 Å². The molecular formula is C22H21ClN2O4S. The van der Waals surface area contributed by atoms with Crippen LogP contribution < -0.4 is 14.4 Å². The van der Waals surface area contributed by atoms with Crippen molar-refractivity contribution < 1.29 is 19.0 Å². The van der Waals surface area contributed by atoms with Crippen LogP contribution >= 0.6 is 22.9 Å². The van der Waals surface area contributed by atoms with E-state index >= 15 is 0 Å². The molecule has 2 aromatic carbocycles. The Morgan fingerprint density at radius 2 is 2.03 bits per heavy atom. The number of amides is 1. The third-order valence-electron chi connectivity index (χ3n) is 5.36. The molecule has 0 saturated carbocycles. The maximum absolute atomic E-state index is 13.6. The van der Waals surface area contributed by atoms with Gasteiger partial charge in [0.2, 0.25) is 0 Å². The van der Waals surface area contributed by atoms with Gasteiger partial charge in [-0.05, 0) is 49.6 Å². The van der Waals surface area contributed by atoms with Crippen molar-refractivity contribution in [2.45, 2.75) is 25.9 Å². The molecule has 30 heavy (non-hydrogen) atoms. The van der Waals surface area contributed by atoms with Gasteiger partial charge in [-0.15, -0.1) is 0 Å². The number of aromatic nitrogens is 1. The van der Waals surface area contributed by atoms with Crippen molar-refractivity contribution in [3.63, 3.8) is 0 Å². The van der Waals surface area contributed by atoms with E-state index in [-0.39, 0.29) is 12.0 Å². The fraction of sp³-hybridized carbons (Fsp3) is 0.364. The Morgan fingerprint density at radius 1 is 1.20 bits per heavy atom. The Hall–Kier alpha value is -2.35. The van der Waals surface area contributed by atoms with E-state index in [2.05, 4.69) is 0 Å². The van der Waals surface area contributed by atoms with Gasteiger partial charge >= 0.3 is 0 Å². The molecule has 1 unspecified atom stereocenters. The highest BCUT2D eigenvalue weighted by Crippen LogP contribution is 2.37. The van der Waals surface area contributed by atoms with Gasteiger partial charge in [-0.3, -0.25) is 9.69 Å². The van der Waals surface area contributed by atoms with E-state index in [1.165, 1.54) is 11.3 Å². The maximum Gasteiger partial charge on any atom is 0.260 e. The van der Waals surface area contributed by atoms with Crippen LogP contribution in [0.1, 0.15) is 28.8 Å². The number of benzene rings is 2. The lowest BCUT2D eigenvalue weighted by Gasteiger charge is -2.24. The predicted octanol–water partition coefficient (Wildman–Crippen LogP) is 4.86. The molecule has 3 heterocycles. The van der Waals surface area contributed by atoms with Crippen LogP contribution in [0.4, 0.5) is 5.13 Å². The molecule has 1 saturated heterocycles. The minimum absolute atomic E-state index is 0.00487. The Morgan fingerprint density at radius 3 is 2.80 bits per heavy atom. The van der Waals surface area contributed by atoms with E-state index in [4.69, 9.17) is 30.8 Å². The van der Waals surface area contributed by atoms with Crippen molar-refractivity contribution in [1.82, 2.24) is 4.98 Å². The van der Waals surface area contributed by atoms with Gasteiger partial charge in [-0.2, -0.15) is 0 Å². The van der Waals surface area contributed by atoms with Gasteiger partial charge in [0.25, 0.3) is 5.91 Å². The summed E-state index contributed by atoms with van der Waals surface area (Å²) in [4.78, 5) is 20.1. The molecule has 1 atom stereocenters. The van der Waals surface area contributed by atoms with Crippen LogP contribution in [0.3, 0.4) is 0 Å². The van der Waals surface area contributed by atoms with Gasteiger partial charge in [0.05, 0.1) is 27.9 Å². The number of halogens is 1. The molecule has 1 fully saturated rings. The lowest BCUT2D eigenvalue weighted by atomic mass is 10.1. The van der Waals surface area contributed by atoms with Crippen molar-refractivity contribution in [3.05, 3.63) is 46.5 Å². The normalized spacial score (nSPS) is 18.0. The van der Waals surface area contributed by atoms with E-state index < -0.39 is 0 Å². The number of thiazole rings is 1. The van der Waals surface area contributed by atoms with Crippen LogP contribution in [0, 0.1) is 6.92 Å². The van der Waals surface area contributed by atoms with E-state index in [0.29, 0.717) is 47.0 Å². The summed E-state index contributed by atoms with van der Waals surface area (Å²) in [6, 6.07) is 9.11. The van der Waals surface area contributed by atoms with E-state index in [0.717, 1.165) is 35.2 Å². The lowest BCUT2D eigenvalue weighted by molar-refractivity contribution is 0.0916. The third-order valence-corrected chi connectivity index (χ3v) is 6.90. The molecule has 0 bridgehead atoms. The number of carbonyl (C=O) groups is 1. The topological polar surface area (TPSA) is 60.9 Å². The third kappa shape index (κ3) is 3.62. The van der Waals surface area contributed by atoms with Gasteiger partial charge in [-0.25, -0.2) is 4.98 Å². The largest absolute Gasteiger partial charge is 0.486 e. The summed E-state index contributed by atoms with van der Waals surface area (Å²) in [6.45, 7) is 4.15. The molecule has 8 heteroatoms. The zero-order valence-corrected chi connectivity index (χ0v) is 18.1. The first-order valence-corrected chi connectivity index (χ1v) is 11.2. The summed E-state index contributed by atoms with van der Waals surface area (Å²) >= 11 is 7.84. The molecule has 5 rings (SSSR count). The van der Waals surface area contributed by atoms with Crippen molar-refractivity contribution in [2.75, 3.05) is 31.3 Å². The first-order chi connectivity index (χ1) is 14.6. The van der Waals surface area contributed by atoms with Crippen LogP contribution in [0.15, 0.2) is 30.3 Å². The zero-order valence-electron chi connectivity index (χ0n) is 16.5. The number of nitrogens with zero attached hydrogens (tertiary/aromatic N) is 2. The molecule has 0 aliphatic carbocycles. The number of anilines is 1. The van der Waals surface area contributed by atoms with Gasteiger partial charge in [0, 0.05) is 12.2 Å². The van der Waals surface area contributed by atoms with Crippen LogP contribution in [-0.2, 0) is 4.74 Å². The number of rotatable bonds is 4. The first kappa shape index (κ1) is 19.6. The number of ether oxygens (including phenoxy) is 3. The Kier molecular flexibility index (Phi) is 5.26. The molecule has 0 spiro atoms. The van der Waals surface area contributed by atoms with Gasteiger partial charge in [0.1, 0.15) is 13.2 Å². The average molecular weight is 445 g/mol. The monoisotopic (exact) mass is 444 g/mol. The van der Waals surface area contributed by atoms with Gasteiger partial charge < -0.3 is 14.2 Å². The van der Waals surface area contributed by atoms with Crippen LogP contribution in [0.5, 0.6) is 11.5 Å². The summed E-state index contributed by atoms with van der Waals surface area (Å²) < 4.78 is 17.9. The maximum atomic E-state index is 13.6. The highest BCUT2D eigenvalue weighted by Gasteiger charge is 2.28. The molecule has 156 valence electrons. The predicted molar refractivity (Wildman–Crippen MR) is 117 cm³/mol. The van der Waals surface area contributed by atoms with E-state index in [9.17, 15) is 4.79 Å². The van der Waals surface area contributed by atoms with Crippen molar-refractivity contribution in [3.8, 4) is 11.5 Å². The average Bonchev–Trinajstić information content (AvgIpc) is 3.44. The van der Waals surface area contributed by atoms with Crippen molar-refractivity contribution in [1.29, 1.82) is 0 Å². The second kappa shape index (κ2) is 8.06. The highest BCUT2D eigenvalue weighted by atomic mass is 35.5. The molecule has 2 aliphatic rings. The van der Waals surface area contributed by atoms with Crippen LogP contribution in [-0.4, -0.2) is 43.4 Å². The number of aryl methyl sites for hydroxylation is 1. The molecular weight excluding hydrogens is 424 g/mol. The summed E-state index contributed by atoms with van der Waals surface area (Å²) in [5, 5.41) is 1.26. The smallest absolute Gasteiger partial charge is 0.260 e. The van der Waals surface area contributed by atoms with Gasteiger partial charge in [-0.1, -0.05) is 29.0 Å². The Bertz CT molecular complexity index is 1070. The quantitative estimate of drug-likeness (QED) is 0.575. The minimum atomic E-state index is -0.143. The molecule has 2 aliphatic heterocycles. The Labute approximate surface area is 183 Å². The second-order valence-corrected chi connectivity index (χ2v) is 8.83. The Balaban J connectivity index is 1.54. The fourth-order valence-corrected chi connectivity index (χ4v) is 5.10. The second-order valence-electron chi connectivity index (χ2n) is 7.45. The molecule has 0 N–H and O–H groups in total. The standard InChI is InChI=1S/C22H21ClN2O4S/c1-13-4-6-16(23)20-19(13)24-22(30-20)25(12-15-3-2-8-27-15)21(26)14-5-7-17-18(11-14)29-10-9-28-17/h4-7,11,15H,2-3,8-10,12H2,1H3. The number of carbonyl (C=O) groups excluding carboxylic acids is 1. The number of hydrogen-bond acceptors (Lipinski definition) is 6. The first-order valence-electron chi connectivity index (χ1n) is 9.99. The summed E-state index contributed by atoms with van der Waals surface area (Å²) in [5.74, 6) is 1.11. The van der Waals surface area contributed by atoms with Crippen molar-refractivity contribution in [2.24, 2.45) is 0 Å². The summed E-state index contributed by atoms with van der Waals surface area (Å²) in [5.41, 5.74) is 2.38. The SMILES string of the molecule is Cc1ccc(Cl)c2sc(N(CC3CCCO3)C(=O)c3ccc4c(c3)OCCO4)nc12. The highest BCUT2D eigenvalue weighted by molar-refractivity contribution is 7.23. The zero-order chi connectivity index (χ0) is 20.7. The lowest BCUT2D eigenvalue weighted by Crippen LogP contribution is -2.37. The fourth-order valence-electron chi connectivity index (χ4n) is 3.78. The molecule has 6 nitrogen and oxygen atoms in total.